The molecule has 1 heterocycles. The Kier molecular flexibility index (Phi) is 6.43. The van der Waals surface area contributed by atoms with Crippen molar-refractivity contribution in [1.82, 2.24) is 5.32 Å². The van der Waals surface area contributed by atoms with E-state index >= 15 is 0 Å². The molecule has 2 aromatic carbocycles. The lowest BCUT2D eigenvalue weighted by atomic mass is 9.70. The summed E-state index contributed by atoms with van der Waals surface area (Å²) < 4.78 is 56.0. The highest BCUT2D eigenvalue weighted by atomic mass is 19.3. The topological polar surface area (TPSA) is 12.0 Å². The van der Waals surface area contributed by atoms with E-state index in [4.69, 9.17) is 0 Å². The first-order valence-corrected chi connectivity index (χ1v) is 9.96. The van der Waals surface area contributed by atoms with Gasteiger partial charge in [-0.1, -0.05) is 37.6 Å². The quantitative estimate of drug-likeness (QED) is 0.525. The molecule has 0 aliphatic carbocycles. The minimum absolute atomic E-state index is 0. The highest BCUT2D eigenvalue weighted by Crippen LogP contribution is 2.48. The van der Waals surface area contributed by atoms with Crippen molar-refractivity contribution < 1.29 is 19.0 Å². The molecule has 1 fully saturated rings. The Labute approximate surface area is 165 Å². The van der Waals surface area contributed by atoms with Crippen molar-refractivity contribution in [3.8, 4) is 0 Å². The molecule has 1 N–H and O–H groups in total. The summed E-state index contributed by atoms with van der Waals surface area (Å²) in [4.78, 5) is 0. The number of rotatable bonds is 7. The molecule has 0 amide bonds. The van der Waals surface area contributed by atoms with Crippen LogP contribution < -0.4 is 5.32 Å². The van der Waals surface area contributed by atoms with Gasteiger partial charge in [0.25, 0.3) is 5.92 Å². The third kappa shape index (κ3) is 4.40. The molecule has 1 aliphatic heterocycles. The van der Waals surface area contributed by atoms with Crippen molar-refractivity contribution in [2.45, 2.75) is 50.9 Å². The predicted octanol–water partition coefficient (Wildman–Crippen LogP) is 6.54. The number of benzene rings is 2. The van der Waals surface area contributed by atoms with Crippen molar-refractivity contribution in [1.29, 1.82) is 0 Å². The van der Waals surface area contributed by atoms with Crippen LogP contribution in [-0.2, 0) is 0 Å². The Hall–Kier alpha value is -1.88. The van der Waals surface area contributed by atoms with Gasteiger partial charge in [0.1, 0.15) is 11.6 Å². The minimum atomic E-state index is -2.67. The SMILES string of the molecule is CC[C@]1(CCCC(c2ccc(F)cc2)c2ccc(F)cc2)CNCCC1(F)F.[HH]. The summed E-state index contributed by atoms with van der Waals surface area (Å²) in [5.74, 6) is -3.40. The van der Waals surface area contributed by atoms with Gasteiger partial charge in [0.2, 0.25) is 0 Å². The zero-order chi connectivity index (χ0) is 20.2. The van der Waals surface area contributed by atoms with Crippen molar-refractivity contribution >= 4 is 0 Å². The molecule has 1 atom stereocenters. The van der Waals surface area contributed by atoms with Gasteiger partial charge in [0.05, 0.1) is 0 Å². The van der Waals surface area contributed by atoms with Crippen LogP contribution in [0.2, 0.25) is 0 Å². The second-order valence-corrected chi connectivity index (χ2v) is 7.81. The highest BCUT2D eigenvalue weighted by Gasteiger charge is 2.52. The summed E-state index contributed by atoms with van der Waals surface area (Å²) in [6.07, 6.45) is 1.98. The number of hydrogen-bond acceptors (Lipinski definition) is 1. The predicted molar refractivity (Wildman–Crippen MR) is 106 cm³/mol. The lowest BCUT2D eigenvalue weighted by molar-refractivity contribution is -0.147. The van der Waals surface area contributed by atoms with Gasteiger partial charge in [-0.3, -0.25) is 0 Å². The Balaban J connectivity index is 0.00000300. The number of halogens is 4. The molecule has 1 nitrogen and oxygen atoms in total. The summed E-state index contributed by atoms with van der Waals surface area (Å²) in [6.45, 7) is 2.51. The van der Waals surface area contributed by atoms with Crippen LogP contribution in [0.1, 0.15) is 57.5 Å². The fraction of sp³-hybridized carbons (Fsp3) is 0.478. The fourth-order valence-electron chi connectivity index (χ4n) is 4.36. The molecule has 1 aliphatic rings. The Morgan fingerprint density at radius 1 is 0.964 bits per heavy atom. The van der Waals surface area contributed by atoms with Crippen LogP contribution in [0, 0.1) is 17.0 Å². The molecule has 3 rings (SSSR count). The van der Waals surface area contributed by atoms with Gasteiger partial charge in [0, 0.05) is 32.3 Å². The molecule has 0 unspecified atom stereocenters. The van der Waals surface area contributed by atoms with Crippen molar-refractivity contribution in [3.63, 3.8) is 0 Å². The van der Waals surface area contributed by atoms with E-state index < -0.39 is 11.3 Å². The van der Waals surface area contributed by atoms with Crippen LogP contribution in [0.5, 0.6) is 0 Å². The summed E-state index contributed by atoms with van der Waals surface area (Å²) in [5, 5.41) is 3.13. The standard InChI is InChI=1S/C23H27F4N.H2/c1-2-22(16-28-15-14-23(22,26)27)13-3-4-21(17-5-9-19(24)10-6-17)18-7-11-20(25)12-8-18;/h5-12,21,28H,2-4,13-16H2,1H3;1H/t22-;/m0./s1. The maximum Gasteiger partial charge on any atom is 0.256 e. The van der Waals surface area contributed by atoms with E-state index in [1.165, 1.54) is 24.3 Å². The van der Waals surface area contributed by atoms with Crippen LogP contribution in [0.25, 0.3) is 0 Å². The molecule has 0 saturated carbocycles. The van der Waals surface area contributed by atoms with E-state index in [9.17, 15) is 17.6 Å². The van der Waals surface area contributed by atoms with Gasteiger partial charge in [-0.15, -0.1) is 0 Å². The van der Waals surface area contributed by atoms with Gasteiger partial charge < -0.3 is 5.32 Å². The average molecular weight is 395 g/mol. The van der Waals surface area contributed by atoms with Crippen molar-refractivity contribution in [2.75, 3.05) is 13.1 Å². The Morgan fingerprint density at radius 2 is 1.50 bits per heavy atom. The van der Waals surface area contributed by atoms with Crippen LogP contribution in [0.15, 0.2) is 48.5 Å². The van der Waals surface area contributed by atoms with Gasteiger partial charge >= 0.3 is 0 Å². The molecular weight excluding hydrogens is 366 g/mol. The van der Waals surface area contributed by atoms with E-state index in [2.05, 4.69) is 5.32 Å². The second-order valence-electron chi connectivity index (χ2n) is 7.81. The van der Waals surface area contributed by atoms with E-state index in [0.29, 0.717) is 38.8 Å². The molecule has 5 heteroatoms. The first kappa shape index (κ1) is 20.8. The van der Waals surface area contributed by atoms with Gasteiger partial charge in [-0.05, 0) is 54.7 Å². The van der Waals surface area contributed by atoms with Gasteiger partial charge in [-0.2, -0.15) is 0 Å². The molecule has 2 aromatic rings. The molecular formula is C23H29F4N. The van der Waals surface area contributed by atoms with E-state index in [1.807, 2.05) is 6.92 Å². The zero-order valence-corrected chi connectivity index (χ0v) is 16.2. The van der Waals surface area contributed by atoms with Gasteiger partial charge in [-0.25, -0.2) is 17.6 Å². The van der Waals surface area contributed by atoms with E-state index in [1.54, 1.807) is 24.3 Å². The molecule has 1 saturated heterocycles. The summed E-state index contributed by atoms with van der Waals surface area (Å²) in [5.41, 5.74) is 0.792. The third-order valence-electron chi connectivity index (χ3n) is 6.22. The first-order chi connectivity index (χ1) is 13.4. The van der Waals surface area contributed by atoms with Crippen LogP contribution >= 0.6 is 0 Å². The summed E-state index contributed by atoms with van der Waals surface area (Å²) in [6, 6.07) is 12.5. The Bertz CT molecular complexity index is 718. The maximum atomic E-state index is 14.7. The minimum Gasteiger partial charge on any atom is -0.316 e. The average Bonchev–Trinajstić information content (AvgIpc) is 2.68. The lowest BCUT2D eigenvalue weighted by Crippen LogP contribution is -2.54. The summed E-state index contributed by atoms with van der Waals surface area (Å²) >= 11 is 0. The fourth-order valence-corrected chi connectivity index (χ4v) is 4.36. The van der Waals surface area contributed by atoms with Crippen molar-refractivity contribution in [3.05, 3.63) is 71.3 Å². The summed E-state index contributed by atoms with van der Waals surface area (Å²) in [7, 11) is 0. The molecule has 0 radical (unpaired) electrons. The first-order valence-electron chi connectivity index (χ1n) is 9.96. The maximum absolute atomic E-state index is 14.7. The van der Waals surface area contributed by atoms with E-state index in [0.717, 1.165) is 11.1 Å². The zero-order valence-electron chi connectivity index (χ0n) is 16.2. The molecule has 154 valence electrons. The third-order valence-corrected chi connectivity index (χ3v) is 6.22. The number of piperidine rings is 1. The number of nitrogens with one attached hydrogen (secondary N) is 1. The second kappa shape index (κ2) is 8.64. The smallest absolute Gasteiger partial charge is 0.256 e. The highest BCUT2D eigenvalue weighted by molar-refractivity contribution is 5.32. The van der Waals surface area contributed by atoms with Crippen LogP contribution in [-0.4, -0.2) is 19.0 Å². The molecule has 28 heavy (non-hydrogen) atoms. The van der Waals surface area contributed by atoms with Crippen LogP contribution in [0.3, 0.4) is 0 Å². The monoisotopic (exact) mass is 395 g/mol. The molecule has 0 bridgehead atoms. The number of hydrogen-bond donors (Lipinski definition) is 1. The normalized spacial score (nSPS) is 21.8. The molecule has 0 aromatic heterocycles. The Morgan fingerprint density at radius 3 is 1.96 bits per heavy atom. The number of alkyl halides is 2. The van der Waals surface area contributed by atoms with Gasteiger partial charge in [0.15, 0.2) is 0 Å². The van der Waals surface area contributed by atoms with Crippen LogP contribution in [0.4, 0.5) is 17.6 Å². The van der Waals surface area contributed by atoms with E-state index in [-0.39, 0.29) is 25.4 Å². The largest absolute Gasteiger partial charge is 0.316 e. The van der Waals surface area contributed by atoms with Crippen molar-refractivity contribution in [2.24, 2.45) is 5.41 Å². The molecule has 0 spiro atoms. The lowest BCUT2D eigenvalue weighted by Gasteiger charge is -2.44.